The molecular weight excluding hydrogens is 452 g/mol. The summed E-state index contributed by atoms with van der Waals surface area (Å²) in [5.74, 6) is -0.229. The van der Waals surface area contributed by atoms with Crippen molar-refractivity contribution in [2.45, 2.75) is 11.8 Å². The van der Waals surface area contributed by atoms with Gasteiger partial charge < -0.3 is 10.1 Å². The summed E-state index contributed by atoms with van der Waals surface area (Å²) < 4.78 is 32.8. The molecule has 0 bridgehead atoms. The summed E-state index contributed by atoms with van der Waals surface area (Å²) in [5, 5.41) is 2.97. The lowest BCUT2D eigenvalue weighted by molar-refractivity contribution is -0.114. The maximum atomic E-state index is 13.4. The molecule has 32 heavy (non-hydrogen) atoms. The molecule has 0 aliphatic heterocycles. The summed E-state index contributed by atoms with van der Waals surface area (Å²) in [5.41, 5.74) is 1.05. The average molecular weight is 473 g/mol. The van der Waals surface area contributed by atoms with Gasteiger partial charge in [-0.1, -0.05) is 29.8 Å². The fourth-order valence-corrected chi connectivity index (χ4v) is 4.57. The van der Waals surface area contributed by atoms with Gasteiger partial charge in [0, 0.05) is 16.3 Å². The normalized spacial score (nSPS) is 11.0. The molecule has 0 heterocycles. The quantitative estimate of drug-likeness (QED) is 0.491. The molecule has 0 spiro atoms. The Kier molecular flexibility index (Phi) is 7.17. The van der Waals surface area contributed by atoms with Crippen LogP contribution in [0.3, 0.4) is 0 Å². The molecule has 7 nitrogen and oxygen atoms in total. The number of methoxy groups -OCH3 is 1. The highest BCUT2D eigenvalue weighted by atomic mass is 35.5. The van der Waals surface area contributed by atoms with Crippen molar-refractivity contribution >= 4 is 44.7 Å². The Morgan fingerprint density at radius 2 is 1.69 bits per heavy atom. The van der Waals surface area contributed by atoms with Crippen LogP contribution in [0.15, 0.2) is 77.7 Å². The molecule has 3 aromatic rings. The number of nitrogens with one attached hydrogen (secondary N) is 1. The van der Waals surface area contributed by atoms with Crippen molar-refractivity contribution in [1.29, 1.82) is 0 Å². The van der Waals surface area contributed by atoms with E-state index in [0.29, 0.717) is 22.0 Å². The SMILES string of the molecule is COc1ccc(S(=O)(=O)N(CC(=O)Nc2cccc(C(C)=O)c2)c2cccc(Cl)c2)cc1. The van der Waals surface area contributed by atoms with Crippen molar-refractivity contribution in [2.75, 3.05) is 23.3 Å². The number of anilines is 2. The van der Waals surface area contributed by atoms with Crippen LogP contribution in [0.25, 0.3) is 0 Å². The highest BCUT2D eigenvalue weighted by Gasteiger charge is 2.27. The summed E-state index contributed by atoms with van der Waals surface area (Å²) in [6.45, 7) is 0.919. The number of nitrogens with zero attached hydrogens (tertiary/aromatic N) is 1. The first-order valence-electron chi connectivity index (χ1n) is 9.54. The molecule has 0 atom stereocenters. The van der Waals surface area contributed by atoms with Gasteiger partial charge in [0.2, 0.25) is 5.91 Å². The highest BCUT2D eigenvalue weighted by Crippen LogP contribution is 2.27. The van der Waals surface area contributed by atoms with Crippen molar-refractivity contribution in [2.24, 2.45) is 0 Å². The first kappa shape index (κ1) is 23.3. The van der Waals surface area contributed by atoms with Crippen LogP contribution in [0.5, 0.6) is 5.75 Å². The molecule has 0 saturated heterocycles. The second kappa shape index (κ2) is 9.84. The standard InChI is InChI=1S/C23H21ClN2O5S/c1-16(27)17-5-3-7-19(13-17)25-23(28)15-26(20-8-4-6-18(24)14-20)32(29,30)22-11-9-21(31-2)10-12-22/h3-14H,15H2,1-2H3,(H,25,28). The van der Waals surface area contributed by atoms with Gasteiger partial charge in [0.1, 0.15) is 12.3 Å². The Morgan fingerprint density at radius 3 is 2.31 bits per heavy atom. The second-order valence-corrected chi connectivity index (χ2v) is 9.15. The third kappa shape index (κ3) is 5.46. The zero-order chi connectivity index (χ0) is 23.3. The molecule has 0 aliphatic carbocycles. The van der Waals surface area contributed by atoms with E-state index in [9.17, 15) is 18.0 Å². The number of amides is 1. The third-order valence-corrected chi connectivity index (χ3v) is 6.61. The topological polar surface area (TPSA) is 92.8 Å². The van der Waals surface area contributed by atoms with Crippen molar-refractivity contribution in [3.05, 3.63) is 83.4 Å². The van der Waals surface area contributed by atoms with Crippen LogP contribution in [0, 0.1) is 0 Å². The molecule has 3 rings (SSSR count). The van der Waals surface area contributed by atoms with Gasteiger partial charge in [0.15, 0.2) is 5.78 Å². The van der Waals surface area contributed by atoms with E-state index < -0.39 is 22.5 Å². The van der Waals surface area contributed by atoms with Crippen molar-refractivity contribution in [1.82, 2.24) is 0 Å². The van der Waals surface area contributed by atoms with Gasteiger partial charge in [-0.05, 0) is 61.5 Å². The molecule has 1 amide bonds. The number of Topliss-reactive ketones (excluding diaryl/α,β-unsaturated/α-hetero) is 1. The van der Waals surface area contributed by atoms with Crippen molar-refractivity contribution < 1.29 is 22.7 Å². The van der Waals surface area contributed by atoms with E-state index in [-0.39, 0.29) is 16.4 Å². The van der Waals surface area contributed by atoms with Crippen LogP contribution in [0.1, 0.15) is 17.3 Å². The van der Waals surface area contributed by atoms with Gasteiger partial charge in [-0.2, -0.15) is 0 Å². The lowest BCUT2D eigenvalue weighted by Gasteiger charge is -2.24. The fourth-order valence-electron chi connectivity index (χ4n) is 2.97. The predicted molar refractivity (Wildman–Crippen MR) is 124 cm³/mol. The van der Waals surface area contributed by atoms with Crippen LogP contribution in [0.4, 0.5) is 11.4 Å². The van der Waals surface area contributed by atoms with Gasteiger partial charge in [-0.15, -0.1) is 0 Å². The molecule has 9 heteroatoms. The van der Waals surface area contributed by atoms with Gasteiger partial charge in [-0.25, -0.2) is 8.42 Å². The molecule has 3 aromatic carbocycles. The van der Waals surface area contributed by atoms with Crippen LogP contribution >= 0.6 is 11.6 Å². The number of carbonyl (C=O) groups is 2. The minimum atomic E-state index is -4.10. The maximum Gasteiger partial charge on any atom is 0.264 e. The number of hydrogen-bond donors (Lipinski definition) is 1. The number of carbonyl (C=O) groups excluding carboxylic acids is 2. The van der Waals surface area contributed by atoms with E-state index in [1.165, 1.54) is 50.4 Å². The number of halogens is 1. The number of benzene rings is 3. The Balaban J connectivity index is 1.93. The van der Waals surface area contributed by atoms with Crippen LogP contribution in [-0.2, 0) is 14.8 Å². The summed E-state index contributed by atoms with van der Waals surface area (Å²) >= 11 is 6.07. The fraction of sp³-hybridized carbons (Fsp3) is 0.130. The van der Waals surface area contributed by atoms with Crippen molar-refractivity contribution in [3.63, 3.8) is 0 Å². The summed E-state index contributed by atoms with van der Waals surface area (Å²) in [6.07, 6.45) is 0. The van der Waals surface area contributed by atoms with E-state index in [1.807, 2.05) is 0 Å². The van der Waals surface area contributed by atoms with E-state index >= 15 is 0 Å². The number of hydrogen-bond acceptors (Lipinski definition) is 5. The third-order valence-electron chi connectivity index (χ3n) is 4.58. The lowest BCUT2D eigenvalue weighted by Crippen LogP contribution is -2.38. The first-order valence-corrected chi connectivity index (χ1v) is 11.4. The van der Waals surface area contributed by atoms with Gasteiger partial charge in [0.25, 0.3) is 10.0 Å². The minimum Gasteiger partial charge on any atom is -0.497 e. The second-order valence-electron chi connectivity index (χ2n) is 6.85. The van der Waals surface area contributed by atoms with Crippen LogP contribution in [-0.4, -0.2) is 33.8 Å². The molecule has 1 N–H and O–H groups in total. The smallest absolute Gasteiger partial charge is 0.264 e. The Morgan fingerprint density at radius 1 is 1.00 bits per heavy atom. The van der Waals surface area contributed by atoms with E-state index in [0.717, 1.165) is 4.31 Å². The van der Waals surface area contributed by atoms with E-state index in [4.69, 9.17) is 16.3 Å². The Labute approximate surface area is 191 Å². The van der Waals surface area contributed by atoms with Gasteiger partial charge >= 0.3 is 0 Å². The van der Waals surface area contributed by atoms with Gasteiger partial charge in [0.05, 0.1) is 17.7 Å². The van der Waals surface area contributed by atoms with Crippen molar-refractivity contribution in [3.8, 4) is 5.75 Å². The van der Waals surface area contributed by atoms with Crippen LogP contribution in [0.2, 0.25) is 5.02 Å². The molecule has 0 saturated carbocycles. The number of sulfonamides is 1. The zero-order valence-electron chi connectivity index (χ0n) is 17.4. The molecular formula is C23H21ClN2O5S. The zero-order valence-corrected chi connectivity index (χ0v) is 19.0. The van der Waals surface area contributed by atoms with Crippen LogP contribution < -0.4 is 14.4 Å². The minimum absolute atomic E-state index is 0.00958. The molecule has 0 aromatic heterocycles. The summed E-state index contributed by atoms with van der Waals surface area (Å²) in [7, 11) is -2.62. The summed E-state index contributed by atoms with van der Waals surface area (Å²) in [6, 6.07) is 18.5. The largest absolute Gasteiger partial charge is 0.497 e. The molecule has 0 radical (unpaired) electrons. The average Bonchev–Trinajstić information content (AvgIpc) is 2.77. The maximum absolute atomic E-state index is 13.4. The first-order chi connectivity index (χ1) is 15.2. The van der Waals surface area contributed by atoms with E-state index in [1.54, 1.807) is 36.4 Å². The molecule has 0 aliphatic rings. The molecule has 166 valence electrons. The summed E-state index contributed by atoms with van der Waals surface area (Å²) in [4.78, 5) is 24.4. The van der Waals surface area contributed by atoms with E-state index in [2.05, 4.69) is 5.32 Å². The predicted octanol–water partition coefficient (Wildman–Crippen LogP) is 4.39. The number of rotatable bonds is 8. The highest BCUT2D eigenvalue weighted by molar-refractivity contribution is 7.92. The number of ether oxygens (including phenoxy) is 1. The Hall–Kier alpha value is -3.36. The van der Waals surface area contributed by atoms with Gasteiger partial charge in [-0.3, -0.25) is 13.9 Å². The molecule has 0 unspecified atom stereocenters. The Bertz CT molecular complexity index is 1240. The molecule has 0 fully saturated rings. The lowest BCUT2D eigenvalue weighted by atomic mass is 10.1. The number of ketones is 1. The monoisotopic (exact) mass is 472 g/mol.